The number of rotatable bonds is 5. The van der Waals surface area contributed by atoms with Gasteiger partial charge in [0.25, 0.3) is 11.5 Å². The summed E-state index contributed by atoms with van der Waals surface area (Å²) in [5.41, 5.74) is 5.38. The lowest BCUT2D eigenvalue weighted by molar-refractivity contribution is -0.121. The summed E-state index contributed by atoms with van der Waals surface area (Å²) >= 11 is 4.70. The molecule has 0 saturated heterocycles. The Balaban J connectivity index is 1.55. The number of hydrogen-bond acceptors (Lipinski definition) is 6. The molecule has 2 aromatic heterocycles. The van der Waals surface area contributed by atoms with Crippen LogP contribution < -0.4 is 11.0 Å². The topological polar surface area (TPSA) is 96.6 Å². The highest BCUT2D eigenvalue weighted by Crippen LogP contribution is 2.30. The molecule has 0 spiro atoms. The Hall–Kier alpha value is -3.30. The fraction of sp³-hybridized carbons (Fsp3) is 0.0909. The molecule has 7 nitrogen and oxygen atoms in total. The van der Waals surface area contributed by atoms with Gasteiger partial charge in [0.2, 0.25) is 0 Å². The monoisotopic (exact) mass is 496 g/mol. The maximum atomic E-state index is 13.0. The van der Waals surface area contributed by atoms with Crippen LogP contribution in [0.1, 0.15) is 11.1 Å². The smallest absolute Gasteiger partial charge is 0.263 e. The number of aromatic hydroxyl groups is 1. The lowest BCUT2D eigenvalue weighted by Gasteiger charge is -2.06. The van der Waals surface area contributed by atoms with Crippen LogP contribution in [0.25, 0.3) is 21.3 Å². The Kier molecular flexibility index (Phi) is 5.97. The number of phenols is 1. The number of benzene rings is 2. The molecule has 0 aliphatic heterocycles. The van der Waals surface area contributed by atoms with Gasteiger partial charge in [0, 0.05) is 21.0 Å². The molecule has 0 fully saturated rings. The van der Waals surface area contributed by atoms with Gasteiger partial charge < -0.3 is 5.11 Å². The SMILES string of the molecule is Cc1ccc(-c2csc3ncn(CC(=O)N/N=C\c4cc(Br)ccc4O)c(=O)c23)cc1. The molecule has 0 bridgehead atoms. The molecular formula is C22H17BrN4O3S. The molecule has 0 saturated carbocycles. The number of amides is 1. The predicted octanol–water partition coefficient (Wildman–Crippen LogP) is 4.05. The van der Waals surface area contributed by atoms with Crippen molar-refractivity contribution in [3.63, 3.8) is 0 Å². The van der Waals surface area contributed by atoms with E-state index >= 15 is 0 Å². The van der Waals surface area contributed by atoms with E-state index in [1.165, 1.54) is 34.5 Å². The van der Waals surface area contributed by atoms with Crippen LogP contribution in [0.4, 0.5) is 0 Å². The van der Waals surface area contributed by atoms with Gasteiger partial charge in [0.05, 0.1) is 17.9 Å². The van der Waals surface area contributed by atoms with Crippen molar-refractivity contribution in [1.82, 2.24) is 15.0 Å². The fourth-order valence-electron chi connectivity index (χ4n) is 3.02. The highest BCUT2D eigenvalue weighted by atomic mass is 79.9. The lowest BCUT2D eigenvalue weighted by atomic mass is 10.1. The summed E-state index contributed by atoms with van der Waals surface area (Å²) in [5, 5.41) is 16.1. The van der Waals surface area contributed by atoms with Gasteiger partial charge in [-0.05, 0) is 30.7 Å². The molecule has 4 rings (SSSR count). The second-order valence-corrected chi connectivity index (χ2v) is 8.64. The van der Waals surface area contributed by atoms with Gasteiger partial charge in [-0.3, -0.25) is 14.2 Å². The zero-order valence-electron chi connectivity index (χ0n) is 16.4. The quantitative estimate of drug-likeness (QED) is 0.321. The van der Waals surface area contributed by atoms with Crippen molar-refractivity contribution in [2.75, 3.05) is 0 Å². The van der Waals surface area contributed by atoms with E-state index in [1.807, 2.05) is 36.6 Å². The number of phenolic OH excluding ortho intramolecular Hbond substituents is 1. The standard InChI is InChI=1S/C22H17BrN4O3S/c1-13-2-4-14(5-3-13)17-11-31-21-20(17)22(30)27(12-24-21)10-19(29)26-25-9-15-8-16(23)6-7-18(15)28/h2-9,11-12,28H,10H2,1H3,(H,26,29)/b25-9-. The molecule has 0 atom stereocenters. The fourth-order valence-corrected chi connectivity index (χ4v) is 4.30. The number of halogens is 1. The Bertz CT molecular complexity index is 1360. The van der Waals surface area contributed by atoms with E-state index in [2.05, 4.69) is 31.4 Å². The number of nitrogens with one attached hydrogen (secondary N) is 1. The summed E-state index contributed by atoms with van der Waals surface area (Å²) < 4.78 is 2.03. The Morgan fingerprint density at radius 1 is 1.29 bits per heavy atom. The predicted molar refractivity (Wildman–Crippen MR) is 126 cm³/mol. The molecule has 2 aromatic carbocycles. The maximum absolute atomic E-state index is 13.0. The number of aromatic nitrogens is 2. The van der Waals surface area contributed by atoms with Crippen LogP contribution in [0.3, 0.4) is 0 Å². The van der Waals surface area contributed by atoms with Crippen LogP contribution in [0, 0.1) is 6.92 Å². The first-order valence-corrected chi connectivity index (χ1v) is 10.9. The Morgan fingerprint density at radius 2 is 2.06 bits per heavy atom. The van der Waals surface area contributed by atoms with Gasteiger partial charge in [-0.15, -0.1) is 11.3 Å². The van der Waals surface area contributed by atoms with E-state index in [9.17, 15) is 14.7 Å². The summed E-state index contributed by atoms with van der Waals surface area (Å²) in [6.45, 7) is 1.77. The van der Waals surface area contributed by atoms with Crippen molar-refractivity contribution >= 4 is 49.6 Å². The number of carbonyl (C=O) groups is 1. The molecule has 156 valence electrons. The van der Waals surface area contributed by atoms with Crippen LogP contribution in [0.2, 0.25) is 0 Å². The molecule has 2 N–H and O–H groups in total. The van der Waals surface area contributed by atoms with Crippen LogP contribution in [0.5, 0.6) is 5.75 Å². The average molecular weight is 497 g/mol. The third kappa shape index (κ3) is 4.57. The molecule has 31 heavy (non-hydrogen) atoms. The van der Waals surface area contributed by atoms with Gasteiger partial charge in [-0.25, -0.2) is 10.4 Å². The van der Waals surface area contributed by atoms with Crippen molar-refractivity contribution < 1.29 is 9.90 Å². The molecule has 1 amide bonds. The zero-order valence-corrected chi connectivity index (χ0v) is 18.8. The summed E-state index contributed by atoms with van der Waals surface area (Å²) in [4.78, 5) is 30.3. The van der Waals surface area contributed by atoms with E-state index < -0.39 is 5.91 Å². The summed E-state index contributed by atoms with van der Waals surface area (Å²) in [6, 6.07) is 12.8. The third-order valence-electron chi connectivity index (χ3n) is 4.62. The van der Waals surface area contributed by atoms with Crippen LogP contribution in [0.15, 0.2) is 68.5 Å². The van der Waals surface area contributed by atoms with Gasteiger partial charge in [-0.1, -0.05) is 45.8 Å². The number of aryl methyl sites for hydroxylation is 1. The molecule has 0 radical (unpaired) electrons. The van der Waals surface area contributed by atoms with Crippen LogP contribution >= 0.6 is 27.3 Å². The van der Waals surface area contributed by atoms with Crippen molar-refractivity contribution in [2.24, 2.45) is 5.10 Å². The largest absolute Gasteiger partial charge is 0.507 e. The summed E-state index contributed by atoms with van der Waals surface area (Å²) in [7, 11) is 0. The van der Waals surface area contributed by atoms with E-state index in [-0.39, 0.29) is 17.9 Å². The normalized spacial score (nSPS) is 11.3. The Morgan fingerprint density at radius 3 is 2.84 bits per heavy atom. The molecule has 2 heterocycles. The molecule has 0 aliphatic rings. The molecular weight excluding hydrogens is 480 g/mol. The van der Waals surface area contributed by atoms with Crippen molar-refractivity contribution in [3.8, 4) is 16.9 Å². The van der Waals surface area contributed by atoms with E-state index in [0.29, 0.717) is 15.8 Å². The summed E-state index contributed by atoms with van der Waals surface area (Å²) in [6.07, 6.45) is 2.69. The van der Waals surface area contributed by atoms with Gasteiger partial charge in [0.15, 0.2) is 0 Å². The number of thiophene rings is 1. The molecule has 0 aliphatic carbocycles. The number of carbonyl (C=O) groups excluding carboxylic acids is 1. The Labute approximate surface area is 189 Å². The van der Waals surface area contributed by atoms with E-state index in [0.717, 1.165) is 21.2 Å². The first-order valence-electron chi connectivity index (χ1n) is 9.26. The lowest BCUT2D eigenvalue weighted by Crippen LogP contribution is -2.30. The minimum absolute atomic E-state index is 0.0353. The molecule has 0 unspecified atom stereocenters. The first-order chi connectivity index (χ1) is 14.9. The van der Waals surface area contributed by atoms with Crippen molar-refractivity contribution in [3.05, 3.63) is 80.1 Å². The molecule has 9 heteroatoms. The first kappa shape index (κ1) is 21.0. The number of hydrogen-bond donors (Lipinski definition) is 2. The molecule has 4 aromatic rings. The minimum atomic E-state index is -0.485. The number of fused-ring (bicyclic) bond motifs is 1. The van der Waals surface area contributed by atoms with E-state index in [4.69, 9.17) is 0 Å². The highest BCUT2D eigenvalue weighted by Gasteiger charge is 2.14. The average Bonchev–Trinajstić information content (AvgIpc) is 3.18. The van der Waals surface area contributed by atoms with Crippen molar-refractivity contribution in [1.29, 1.82) is 0 Å². The van der Waals surface area contributed by atoms with Gasteiger partial charge in [-0.2, -0.15) is 5.10 Å². The van der Waals surface area contributed by atoms with E-state index in [1.54, 1.807) is 12.1 Å². The van der Waals surface area contributed by atoms with Gasteiger partial charge >= 0.3 is 0 Å². The number of hydrazone groups is 1. The van der Waals surface area contributed by atoms with Crippen LogP contribution in [-0.2, 0) is 11.3 Å². The van der Waals surface area contributed by atoms with Crippen molar-refractivity contribution in [2.45, 2.75) is 13.5 Å². The number of nitrogens with zero attached hydrogens (tertiary/aromatic N) is 3. The zero-order chi connectivity index (χ0) is 22.0. The maximum Gasteiger partial charge on any atom is 0.263 e. The van der Waals surface area contributed by atoms with Crippen LogP contribution in [-0.4, -0.2) is 26.8 Å². The second-order valence-electron chi connectivity index (χ2n) is 6.87. The highest BCUT2D eigenvalue weighted by molar-refractivity contribution is 9.10. The minimum Gasteiger partial charge on any atom is -0.507 e. The third-order valence-corrected chi connectivity index (χ3v) is 6.00. The van der Waals surface area contributed by atoms with Gasteiger partial charge in [0.1, 0.15) is 17.1 Å². The second kappa shape index (κ2) is 8.83. The summed E-state index contributed by atoms with van der Waals surface area (Å²) in [5.74, 6) is -0.450.